The number of nitrogens with zero attached hydrogens (tertiary/aromatic N) is 1. The monoisotopic (exact) mass is 360 g/mol. The van der Waals surface area contributed by atoms with E-state index in [0.29, 0.717) is 12.3 Å². The first-order chi connectivity index (χ1) is 12.1. The fourth-order valence-electron chi connectivity index (χ4n) is 2.50. The Kier molecular flexibility index (Phi) is 7.95. The molecule has 1 N–H and O–H groups in total. The summed E-state index contributed by atoms with van der Waals surface area (Å²) >= 11 is 1.41. The van der Waals surface area contributed by atoms with E-state index in [0.717, 1.165) is 30.1 Å². The zero-order valence-corrected chi connectivity index (χ0v) is 15.6. The number of hydrogen-bond donors (Lipinski definition) is 1. The third kappa shape index (κ3) is 6.52. The normalized spacial score (nSPS) is 10.9. The molecule has 2 rings (SSSR count). The van der Waals surface area contributed by atoms with Gasteiger partial charge in [-0.05, 0) is 48.5 Å². The Bertz CT molecular complexity index is 672. The first-order valence-corrected chi connectivity index (χ1v) is 9.55. The average molecular weight is 360 g/mol. The van der Waals surface area contributed by atoms with E-state index in [2.05, 4.69) is 36.2 Å². The van der Waals surface area contributed by atoms with Gasteiger partial charge in [-0.25, -0.2) is 4.39 Å². The van der Waals surface area contributed by atoms with Crippen LogP contribution in [0.1, 0.15) is 25.0 Å². The van der Waals surface area contributed by atoms with E-state index in [1.165, 1.54) is 29.5 Å². The second-order valence-electron chi connectivity index (χ2n) is 5.75. The Morgan fingerprint density at radius 2 is 1.68 bits per heavy atom. The molecule has 0 aliphatic rings. The third-order valence-electron chi connectivity index (χ3n) is 4.07. The minimum atomic E-state index is -0.265. The number of rotatable bonds is 9. The van der Waals surface area contributed by atoms with Crippen LogP contribution in [0.5, 0.6) is 0 Å². The molecule has 134 valence electrons. The Balaban J connectivity index is 1.85. The van der Waals surface area contributed by atoms with Crippen molar-refractivity contribution >= 4 is 17.7 Å². The van der Waals surface area contributed by atoms with E-state index in [1.807, 2.05) is 12.1 Å². The molecular formula is C20H25FN2OS. The van der Waals surface area contributed by atoms with Gasteiger partial charge in [0.15, 0.2) is 0 Å². The number of carbonyl (C=O) groups excluding carboxylic acids is 1. The molecule has 0 heterocycles. The quantitative estimate of drug-likeness (QED) is 0.684. The van der Waals surface area contributed by atoms with Crippen molar-refractivity contribution in [3.05, 3.63) is 65.5 Å². The second kappa shape index (κ2) is 10.2. The number of amides is 1. The lowest BCUT2D eigenvalue weighted by molar-refractivity contribution is -0.118. The van der Waals surface area contributed by atoms with Crippen molar-refractivity contribution in [2.24, 2.45) is 0 Å². The van der Waals surface area contributed by atoms with Crippen LogP contribution in [0.15, 0.2) is 53.4 Å². The molecule has 0 saturated carbocycles. The summed E-state index contributed by atoms with van der Waals surface area (Å²) in [6.45, 7) is 7.74. The van der Waals surface area contributed by atoms with Gasteiger partial charge in [-0.15, -0.1) is 11.8 Å². The predicted molar refractivity (Wildman–Crippen MR) is 102 cm³/mol. The van der Waals surface area contributed by atoms with Gasteiger partial charge in [0, 0.05) is 18.0 Å². The van der Waals surface area contributed by atoms with Gasteiger partial charge in [-0.2, -0.15) is 0 Å². The van der Waals surface area contributed by atoms with Gasteiger partial charge in [-0.3, -0.25) is 9.69 Å². The molecule has 0 unspecified atom stereocenters. The summed E-state index contributed by atoms with van der Waals surface area (Å²) < 4.78 is 12.9. The van der Waals surface area contributed by atoms with Crippen molar-refractivity contribution in [1.82, 2.24) is 10.2 Å². The fourth-order valence-corrected chi connectivity index (χ4v) is 3.23. The van der Waals surface area contributed by atoms with E-state index >= 15 is 0 Å². The highest BCUT2D eigenvalue weighted by Gasteiger charge is 2.08. The first kappa shape index (κ1) is 19.5. The zero-order chi connectivity index (χ0) is 18.1. The van der Waals surface area contributed by atoms with Crippen molar-refractivity contribution in [3.8, 4) is 0 Å². The lowest BCUT2D eigenvalue weighted by atomic mass is 10.1. The van der Waals surface area contributed by atoms with Gasteiger partial charge in [0.2, 0.25) is 5.91 Å². The van der Waals surface area contributed by atoms with E-state index in [1.54, 1.807) is 12.1 Å². The highest BCUT2D eigenvalue weighted by Crippen LogP contribution is 2.18. The molecule has 0 bridgehead atoms. The molecule has 3 nitrogen and oxygen atoms in total. The molecule has 1 amide bonds. The molecule has 0 spiro atoms. The maximum atomic E-state index is 12.9. The van der Waals surface area contributed by atoms with Crippen LogP contribution >= 0.6 is 11.8 Å². The van der Waals surface area contributed by atoms with Gasteiger partial charge in [0.05, 0.1) is 5.75 Å². The summed E-state index contributed by atoms with van der Waals surface area (Å²) in [7, 11) is 0. The van der Waals surface area contributed by atoms with Crippen molar-refractivity contribution in [2.75, 3.05) is 18.8 Å². The number of thioether (sulfide) groups is 1. The molecule has 0 fully saturated rings. The van der Waals surface area contributed by atoms with Gasteiger partial charge < -0.3 is 5.32 Å². The first-order valence-electron chi connectivity index (χ1n) is 8.56. The number of hydrogen-bond acceptors (Lipinski definition) is 3. The molecule has 2 aromatic carbocycles. The maximum absolute atomic E-state index is 12.9. The molecule has 0 aliphatic heterocycles. The smallest absolute Gasteiger partial charge is 0.230 e. The van der Waals surface area contributed by atoms with Gasteiger partial charge in [0.1, 0.15) is 5.82 Å². The van der Waals surface area contributed by atoms with Gasteiger partial charge >= 0.3 is 0 Å². The average Bonchev–Trinajstić information content (AvgIpc) is 2.64. The van der Waals surface area contributed by atoms with Crippen LogP contribution in [0.3, 0.4) is 0 Å². The molecular weight excluding hydrogens is 335 g/mol. The summed E-state index contributed by atoms with van der Waals surface area (Å²) in [6.07, 6.45) is 0. The van der Waals surface area contributed by atoms with E-state index in [4.69, 9.17) is 0 Å². The zero-order valence-electron chi connectivity index (χ0n) is 14.8. The molecule has 25 heavy (non-hydrogen) atoms. The van der Waals surface area contributed by atoms with Crippen molar-refractivity contribution in [3.63, 3.8) is 0 Å². The van der Waals surface area contributed by atoms with Crippen LogP contribution < -0.4 is 5.32 Å². The minimum absolute atomic E-state index is 0.0213. The highest BCUT2D eigenvalue weighted by molar-refractivity contribution is 8.00. The lowest BCUT2D eigenvalue weighted by Gasteiger charge is -2.20. The highest BCUT2D eigenvalue weighted by atomic mass is 32.2. The van der Waals surface area contributed by atoms with Gasteiger partial charge in [0.25, 0.3) is 0 Å². The molecule has 0 aliphatic carbocycles. The molecule has 0 aromatic heterocycles. The lowest BCUT2D eigenvalue weighted by Crippen LogP contribution is -2.27. The van der Waals surface area contributed by atoms with Crippen LogP contribution in [0, 0.1) is 5.82 Å². The van der Waals surface area contributed by atoms with E-state index in [-0.39, 0.29) is 11.7 Å². The van der Waals surface area contributed by atoms with E-state index in [9.17, 15) is 9.18 Å². The van der Waals surface area contributed by atoms with Crippen LogP contribution in [-0.2, 0) is 17.9 Å². The third-order valence-corrected chi connectivity index (χ3v) is 5.08. The predicted octanol–water partition coefficient (Wildman–Crippen LogP) is 4.08. The Morgan fingerprint density at radius 1 is 1.04 bits per heavy atom. The Hall–Kier alpha value is -1.85. The summed E-state index contributed by atoms with van der Waals surface area (Å²) in [6, 6.07) is 14.4. The summed E-state index contributed by atoms with van der Waals surface area (Å²) in [5, 5.41) is 2.98. The minimum Gasteiger partial charge on any atom is -0.351 e. The molecule has 0 radical (unpaired) electrons. The number of carbonyl (C=O) groups is 1. The SMILES string of the molecule is CCN(CC)Cc1ccccc1CNC(=O)CSc1ccc(F)cc1. The van der Waals surface area contributed by atoms with Crippen molar-refractivity contribution in [1.29, 1.82) is 0 Å². The largest absolute Gasteiger partial charge is 0.351 e. The van der Waals surface area contributed by atoms with E-state index < -0.39 is 0 Å². The summed E-state index contributed by atoms with van der Waals surface area (Å²) in [5.41, 5.74) is 2.40. The number of benzene rings is 2. The topological polar surface area (TPSA) is 32.3 Å². The summed E-state index contributed by atoms with van der Waals surface area (Å²) in [4.78, 5) is 15.3. The standard InChI is InChI=1S/C20H25FN2OS/c1-3-23(4-2)14-17-8-6-5-7-16(17)13-22-20(24)15-25-19-11-9-18(21)10-12-19/h5-12H,3-4,13-15H2,1-2H3,(H,22,24). The molecule has 0 atom stereocenters. The number of nitrogens with one attached hydrogen (secondary N) is 1. The van der Waals surface area contributed by atoms with Crippen LogP contribution in [0.2, 0.25) is 0 Å². The van der Waals surface area contributed by atoms with Crippen molar-refractivity contribution in [2.45, 2.75) is 31.8 Å². The van der Waals surface area contributed by atoms with Crippen molar-refractivity contribution < 1.29 is 9.18 Å². The Morgan fingerprint density at radius 3 is 2.32 bits per heavy atom. The van der Waals surface area contributed by atoms with Crippen LogP contribution in [0.4, 0.5) is 4.39 Å². The molecule has 0 saturated heterocycles. The molecule has 2 aromatic rings. The second-order valence-corrected chi connectivity index (χ2v) is 6.80. The Labute approximate surface area is 153 Å². The van der Waals surface area contributed by atoms with Crippen LogP contribution in [0.25, 0.3) is 0 Å². The maximum Gasteiger partial charge on any atom is 0.230 e. The van der Waals surface area contributed by atoms with Gasteiger partial charge in [-0.1, -0.05) is 38.1 Å². The molecule has 5 heteroatoms. The fraction of sp³-hybridized carbons (Fsp3) is 0.350. The summed E-state index contributed by atoms with van der Waals surface area (Å²) in [5.74, 6) is 0.0368. The number of halogens is 1. The van der Waals surface area contributed by atoms with Crippen LogP contribution in [-0.4, -0.2) is 29.6 Å².